The van der Waals surface area contributed by atoms with E-state index >= 15 is 0 Å². The predicted molar refractivity (Wildman–Crippen MR) is 104 cm³/mol. The minimum atomic E-state index is -0.515. The van der Waals surface area contributed by atoms with Gasteiger partial charge in [-0.05, 0) is 36.4 Å². The minimum Gasteiger partial charge on any atom is -0.491 e. The average Bonchev–Trinajstić information content (AvgIpc) is 2.68. The zero-order chi connectivity index (χ0) is 18.4. The van der Waals surface area contributed by atoms with Crippen LogP contribution in [-0.4, -0.2) is 61.3 Å². The van der Waals surface area contributed by atoms with Crippen LogP contribution in [0.2, 0.25) is 0 Å². The summed E-state index contributed by atoms with van der Waals surface area (Å²) in [5, 5.41) is 10.2. The molecule has 5 nitrogen and oxygen atoms in total. The first-order chi connectivity index (χ1) is 12.6. The number of hydrogen-bond acceptors (Lipinski definition) is 3. The molecule has 0 spiro atoms. The van der Waals surface area contributed by atoms with Crippen LogP contribution in [0.3, 0.4) is 0 Å². The third-order valence-electron chi connectivity index (χ3n) is 4.56. The molecule has 2 aromatic rings. The van der Waals surface area contributed by atoms with Crippen molar-refractivity contribution in [2.75, 3.05) is 39.3 Å². The molecule has 1 aliphatic rings. The van der Waals surface area contributed by atoms with Gasteiger partial charge in [0, 0.05) is 10.0 Å². The Morgan fingerprint density at radius 3 is 2.42 bits per heavy atom. The zero-order valence-corrected chi connectivity index (χ0v) is 16.2. The second-order valence-electron chi connectivity index (χ2n) is 6.53. The van der Waals surface area contributed by atoms with E-state index in [0.29, 0.717) is 25.2 Å². The van der Waals surface area contributed by atoms with Gasteiger partial charge in [-0.3, -0.25) is 4.79 Å². The average molecular weight is 420 g/mol. The van der Waals surface area contributed by atoms with Crippen LogP contribution >= 0.6 is 15.9 Å². The van der Waals surface area contributed by atoms with Crippen LogP contribution < -0.4 is 9.64 Å². The first kappa shape index (κ1) is 18.9. The molecule has 0 bridgehead atoms. The monoisotopic (exact) mass is 419 g/mol. The van der Waals surface area contributed by atoms with E-state index in [2.05, 4.69) is 15.9 Å². The third-order valence-corrected chi connectivity index (χ3v) is 5.09. The van der Waals surface area contributed by atoms with Gasteiger partial charge in [-0.15, -0.1) is 0 Å². The topological polar surface area (TPSA) is 54.2 Å². The molecule has 0 saturated carbocycles. The van der Waals surface area contributed by atoms with Crippen LogP contribution in [0.25, 0.3) is 0 Å². The third kappa shape index (κ3) is 5.30. The Kier molecular flexibility index (Phi) is 6.66. The van der Waals surface area contributed by atoms with Crippen LogP contribution in [0, 0.1) is 0 Å². The number of aliphatic hydroxyl groups excluding tert-OH is 1. The molecule has 6 heteroatoms. The van der Waals surface area contributed by atoms with Crippen molar-refractivity contribution in [3.05, 3.63) is 64.6 Å². The summed E-state index contributed by atoms with van der Waals surface area (Å²) in [5.74, 6) is 0.843. The van der Waals surface area contributed by atoms with Crippen LogP contribution in [-0.2, 0) is 0 Å². The molecule has 2 N–H and O–H groups in total. The number of benzene rings is 2. The van der Waals surface area contributed by atoms with Gasteiger partial charge in [0.25, 0.3) is 5.91 Å². The van der Waals surface area contributed by atoms with Crippen LogP contribution in [0.15, 0.2) is 59.1 Å². The van der Waals surface area contributed by atoms with Crippen LogP contribution in [0.1, 0.15) is 10.4 Å². The van der Waals surface area contributed by atoms with Gasteiger partial charge in [0.05, 0.1) is 26.2 Å². The maximum absolute atomic E-state index is 12.5. The quantitative estimate of drug-likeness (QED) is 0.740. The van der Waals surface area contributed by atoms with Crippen molar-refractivity contribution in [2.24, 2.45) is 0 Å². The van der Waals surface area contributed by atoms with E-state index in [1.165, 1.54) is 4.90 Å². The van der Waals surface area contributed by atoms with Gasteiger partial charge < -0.3 is 19.6 Å². The molecule has 0 unspecified atom stereocenters. The molecule has 1 amide bonds. The molecule has 1 saturated heterocycles. The van der Waals surface area contributed by atoms with E-state index in [4.69, 9.17) is 4.74 Å². The van der Waals surface area contributed by atoms with Gasteiger partial charge in [-0.2, -0.15) is 0 Å². The van der Waals surface area contributed by atoms with E-state index in [1.54, 1.807) is 0 Å². The lowest BCUT2D eigenvalue weighted by molar-refractivity contribution is -0.907. The Balaban J connectivity index is 1.41. The molecule has 0 radical (unpaired) electrons. The highest BCUT2D eigenvalue weighted by Crippen LogP contribution is 2.12. The summed E-state index contributed by atoms with van der Waals surface area (Å²) in [6.07, 6.45) is -0.515. The summed E-state index contributed by atoms with van der Waals surface area (Å²) in [5.41, 5.74) is 0.716. The normalized spacial score (nSPS) is 16.3. The Labute approximate surface area is 162 Å². The zero-order valence-electron chi connectivity index (χ0n) is 14.6. The first-order valence-corrected chi connectivity index (χ1v) is 9.65. The molecule has 1 fully saturated rings. The molecule has 0 aliphatic carbocycles. The van der Waals surface area contributed by atoms with Gasteiger partial charge >= 0.3 is 0 Å². The smallest absolute Gasteiger partial charge is 0.254 e. The van der Waals surface area contributed by atoms with Crippen LogP contribution in [0.4, 0.5) is 0 Å². The molecule has 0 aromatic heterocycles. The SMILES string of the molecule is O=C(c1ccc(Br)cc1)N1CC[NH+](C[C@H](O)COc2ccccc2)CC1. The molecule has 1 atom stereocenters. The lowest BCUT2D eigenvalue weighted by atomic mass is 10.2. The fourth-order valence-corrected chi connectivity index (χ4v) is 3.37. The Bertz CT molecular complexity index is 701. The van der Waals surface area contributed by atoms with E-state index in [-0.39, 0.29) is 12.5 Å². The fraction of sp³-hybridized carbons (Fsp3) is 0.350. The number of hydrogen-bond donors (Lipinski definition) is 2. The Hall–Kier alpha value is -1.89. The number of piperazine rings is 1. The van der Waals surface area contributed by atoms with Crippen molar-refractivity contribution in [3.8, 4) is 5.75 Å². The van der Waals surface area contributed by atoms with Crippen molar-refractivity contribution >= 4 is 21.8 Å². The number of rotatable bonds is 6. The summed E-state index contributed by atoms with van der Waals surface area (Å²) < 4.78 is 6.57. The minimum absolute atomic E-state index is 0.0736. The summed E-state index contributed by atoms with van der Waals surface area (Å²) >= 11 is 3.39. The van der Waals surface area contributed by atoms with Crippen molar-refractivity contribution in [1.29, 1.82) is 0 Å². The number of ether oxygens (including phenoxy) is 1. The maximum atomic E-state index is 12.5. The van der Waals surface area contributed by atoms with E-state index in [1.807, 2.05) is 59.5 Å². The van der Waals surface area contributed by atoms with Gasteiger partial charge in [0.2, 0.25) is 0 Å². The summed E-state index contributed by atoms with van der Waals surface area (Å²) in [7, 11) is 0. The highest BCUT2D eigenvalue weighted by molar-refractivity contribution is 9.10. The number of halogens is 1. The van der Waals surface area contributed by atoms with Gasteiger partial charge in [-0.1, -0.05) is 34.1 Å². The summed E-state index contributed by atoms with van der Waals surface area (Å²) in [6, 6.07) is 17.0. The molecular formula is C20H24BrN2O3+. The molecule has 1 heterocycles. The standard InChI is InChI=1S/C20H23BrN2O3/c21-17-8-6-16(7-9-17)20(25)23-12-10-22(11-13-23)14-18(24)15-26-19-4-2-1-3-5-19/h1-9,18,24H,10-15H2/p+1/t18-/m0/s1. The molecule has 26 heavy (non-hydrogen) atoms. The molecule has 3 rings (SSSR count). The Morgan fingerprint density at radius 2 is 1.77 bits per heavy atom. The Morgan fingerprint density at radius 1 is 1.12 bits per heavy atom. The van der Waals surface area contributed by atoms with E-state index in [0.717, 1.165) is 23.3 Å². The summed E-state index contributed by atoms with van der Waals surface area (Å²) in [4.78, 5) is 15.7. The lowest BCUT2D eigenvalue weighted by Gasteiger charge is -2.33. The first-order valence-electron chi connectivity index (χ1n) is 8.86. The second kappa shape index (κ2) is 9.16. The summed E-state index contributed by atoms with van der Waals surface area (Å²) in [6.45, 7) is 4.00. The van der Waals surface area contributed by atoms with E-state index < -0.39 is 6.10 Å². The van der Waals surface area contributed by atoms with Crippen molar-refractivity contribution in [3.63, 3.8) is 0 Å². The molecule has 1 aliphatic heterocycles. The molecule has 2 aromatic carbocycles. The highest BCUT2D eigenvalue weighted by Gasteiger charge is 2.26. The van der Waals surface area contributed by atoms with Crippen molar-refractivity contribution < 1.29 is 19.5 Å². The number of para-hydroxylation sites is 1. The molecule has 138 valence electrons. The van der Waals surface area contributed by atoms with Gasteiger partial charge in [0.1, 0.15) is 25.0 Å². The number of amides is 1. The fourth-order valence-electron chi connectivity index (χ4n) is 3.11. The predicted octanol–water partition coefficient (Wildman–Crippen LogP) is 1.23. The number of carbonyl (C=O) groups is 1. The van der Waals surface area contributed by atoms with E-state index in [9.17, 15) is 9.90 Å². The lowest BCUT2D eigenvalue weighted by Crippen LogP contribution is -3.16. The largest absolute Gasteiger partial charge is 0.491 e. The van der Waals surface area contributed by atoms with Crippen LogP contribution in [0.5, 0.6) is 5.75 Å². The molecular weight excluding hydrogens is 396 g/mol. The number of nitrogens with zero attached hydrogens (tertiary/aromatic N) is 1. The second-order valence-corrected chi connectivity index (χ2v) is 7.45. The number of quaternary nitrogens is 1. The number of carbonyl (C=O) groups excluding carboxylic acids is 1. The maximum Gasteiger partial charge on any atom is 0.254 e. The van der Waals surface area contributed by atoms with Crippen molar-refractivity contribution in [2.45, 2.75) is 6.10 Å². The van der Waals surface area contributed by atoms with Gasteiger partial charge in [0.15, 0.2) is 0 Å². The van der Waals surface area contributed by atoms with Gasteiger partial charge in [-0.25, -0.2) is 0 Å². The number of nitrogens with one attached hydrogen (secondary N) is 1. The number of aliphatic hydroxyl groups is 1. The highest BCUT2D eigenvalue weighted by atomic mass is 79.9. The van der Waals surface area contributed by atoms with Crippen molar-refractivity contribution in [1.82, 2.24) is 4.90 Å².